The van der Waals surface area contributed by atoms with Crippen LogP contribution >= 0.6 is 0 Å². The first-order chi connectivity index (χ1) is 7.93. The molecule has 3 rings (SSSR count). The predicted octanol–water partition coefficient (Wildman–Crippen LogP) is 0.618. The molecule has 1 aliphatic heterocycles. The zero-order chi connectivity index (χ0) is 10.8. The zero-order valence-corrected chi connectivity index (χ0v) is 9.26. The highest BCUT2D eigenvalue weighted by Crippen LogP contribution is 2.17. The van der Waals surface area contributed by atoms with Crippen LogP contribution in [0, 0.1) is 0 Å². The Morgan fingerprint density at radius 1 is 1.00 bits per heavy atom. The third-order valence-corrected chi connectivity index (χ3v) is 3.11. The standard InChI is InChI=1S/C13H15N3/c1-2-4-12-11(3-1)5-6-13(15-12)16-9-7-14-8-10-16/h1-6,14H,7-10H2/p+1. The molecule has 1 fully saturated rings. The molecule has 1 aromatic heterocycles. The highest BCUT2D eigenvalue weighted by atomic mass is 15.2. The van der Waals surface area contributed by atoms with Crippen molar-refractivity contribution in [3.05, 3.63) is 36.4 Å². The number of rotatable bonds is 1. The number of quaternary nitrogens is 1. The number of aromatic nitrogens is 1. The summed E-state index contributed by atoms with van der Waals surface area (Å²) in [7, 11) is 0. The van der Waals surface area contributed by atoms with E-state index in [4.69, 9.17) is 4.98 Å². The Bertz CT molecular complexity index is 489. The second kappa shape index (κ2) is 4.10. The second-order valence-corrected chi connectivity index (χ2v) is 4.22. The Morgan fingerprint density at radius 2 is 1.81 bits per heavy atom. The predicted molar refractivity (Wildman–Crippen MR) is 65.6 cm³/mol. The molecule has 0 amide bonds. The highest BCUT2D eigenvalue weighted by molar-refractivity contribution is 5.80. The van der Waals surface area contributed by atoms with Gasteiger partial charge in [0, 0.05) is 5.39 Å². The van der Waals surface area contributed by atoms with E-state index in [0.717, 1.165) is 24.4 Å². The summed E-state index contributed by atoms with van der Waals surface area (Å²) in [5.74, 6) is 1.12. The van der Waals surface area contributed by atoms with Gasteiger partial charge >= 0.3 is 0 Å². The summed E-state index contributed by atoms with van der Waals surface area (Å²) >= 11 is 0. The minimum atomic E-state index is 1.09. The van der Waals surface area contributed by atoms with E-state index < -0.39 is 0 Å². The average molecular weight is 214 g/mol. The number of nitrogens with zero attached hydrogens (tertiary/aromatic N) is 2. The lowest BCUT2D eigenvalue weighted by molar-refractivity contribution is -0.655. The van der Waals surface area contributed by atoms with Crippen molar-refractivity contribution in [1.82, 2.24) is 4.98 Å². The van der Waals surface area contributed by atoms with Crippen LogP contribution in [0.3, 0.4) is 0 Å². The molecule has 16 heavy (non-hydrogen) atoms. The van der Waals surface area contributed by atoms with Gasteiger partial charge in [-0.3, -0.25) is 0 Å². The van der Waals surface area contributed by atoms with Gasteiger partial charge in [-0.05, 0) is 18.2 Å². The number of pyridine rings is 1. The van der Waals surface area contributed by atoms with E-state index in [9.17, 15) is 0 Å². The van der Waals surface area contributed by atoms with E-state index >= 15 is 0 Å². The number of benzene rings is 1. The van der Waals surface area contributed by atoms with Crippen molar-refractivity contribution in [1.29, 1.82) is 0 Å². The number of para-hydroxylation sites is 1. The molecule has 2 N–H and O–H groups in total. The summed E-state index contributed by atoms with van der Waals surface area (Å²) in [5, 5.41) is 3.58. The number of piperazine rings is 1. The van der Waals surface area contributed by atoms with E-state index in [-0.39, 0.29) is 0 Å². The minimum Gasteiger partial charge on any atom is -0.345 e. The highest BCUT2D eigenvalue weighted by Gasteiger charge is 2.13. The number of nitrogens with two attached hydrogens (primary N) is 1. The molecule has 0 atom stereocenters. The van der Waals surface area contributed by atoms with Gasteiger partial charge in [-0.2, -0.15) is 0 Å². The fourth-order valence-electron chi connectivity index (χ4n) is 2.21. The molecule has 1 aromatic carbocycles. The molecule has 0 saturated carbocycles. The second-order valence-electron chi connectivity index (χ2n) is 4.22. The normalized spacial score (nSPS) is 16.6. The van der Waals surface area contributed by atoms with Crippen molar-refractivity contribution in [3.8, 4) is 0 Å². The average Bonchev–Trinajstić information content (AvgIpc) is 2.39. The molecular formula is C13H16N3+. The quantitative estimate of drug-likeness (QED) is 0.755. The van der Waals surface area contributed by atoms with Crippen molar-refractivity contribution in [2.75, 3.05) is 31.1 Å². The largest absolute Gasteiger partial charge is 0.345 e. The van der Waals surface area contributed by atoms with Gasteiger partial charge in [-0.15, -0.1) is 0 Å². The van der Waals surface area contributed by atoms with Crippen LogP contribution < -0.4 is 10.2 Å². The van der Waals surface area contributed by atoms with Gasteiger partial charge in [0.05, 0.1) is 31.7 Å². The van der Waals surface area contributed by atoms with Gasteiger partial charge in [0.25, 0.3) is 0 Å². The van der Waals surface area contributed by atoms with Crippen LogP contribution in [0.15, 0.2) is 36.4 Å². The fourth-order valence-corrected chi connectivity index (χ4v) is 2.21. The van der Waals surface area contributed by atoms with E-state index in [1.165, 1.54) is 18.5 Å². The zero-order valence-electron chi connectivity index (χ0n) is 9.26. The molecule has 2 aromatic rings. The van der Waals surface area contributed by atoms with E-state index in [1.54, 1.807) is 0 Å². The summed E-state index contributed by atoms with van der Waals surface area (Å²) in [6.07, 6.45) is 0. The Morgan fingerprint density at radius 3 is 2.69 bits per heavy atom. The molecule has 0 radical (unpaired) electrons. The van der Waals surface area contributed by atoms with E-state index in [2.05, 4.69) is 40.5 Å². The van der Waals surface area contributed by atoms with Crippen LogP contribution in [0.2, 0.25) is 0 Å². The summed E-state index contributed by atoms with van der Waals surface area (Å²) in [5.41, 5.74) is 1.09. The minimum absolute atomic E-state index is 1.09. The first-order valence-electron chi connectivity index (χ1n) is 5.86. The molecule has 0 bridgehead atoms. The number of fused-ring (bicyclic) bond motifs is 1. The monoisotopic (exact) mass is 214 g/mol. The maximum absolute atomic E-state index is 4.71. The van der Waals surface area contributed by atoms with Crippen molar-refractivity contribution in [3.63, 3.8) is 0 Å². The summed E-state index contributed by atoms with van der Waals surface area (Å²) < 4.78 is 0. The Balaban J connectivity index is 1.97. The van der Waals surface area contributed by atoms with Crippen LogP contribution in [0.25, 0.3) is 10.9 Å². The molecule has 1 aliphatic rings. The molecule has 1 saturated heterocycles. The number of hydrogen-bond donors (Lipinski definition) is 1. The molecule has 0 unspecified atom stereocenters. The van der Waals surface area contributed by atoms with Crippen LogP contribution in [-0.4, -0.2) is 31.2 Å². The van der Waals surface area contributed by atoms with Crippen molar-refractivity contribution in [2.45, 2.75) is 0 Å². The molecule has 3 heteroatoms. The number of anilines is 1. The van der Waals surface area contributed by atoms with Crippen LogP contribution in [0.4, 0.5) is 5.82 Å². The maximum Gasteiger partial charge on any atom is 0.129 e. The lowest BCUT2D eigenvalue weighted by Gasteiger charge is -2.26. The first-order valence-corrected chi connectivity index (χ1v) is 5.86. The van der Waals surface area contributed by atoms with Crippen molar-refractivity contribution >= 4 is 16.7 Å². The van der Waals surface area contributed by atoms with Crippen LogP contribution in [0.1, 0.15) is 0 Å². The Kier molecular flexibility index (Phi) is 2.46. The van der Waals surface area contributed by atoms with E-state index in [0.29, 0.717) is 0 Å². The molecule has 0 aliphatic carbocycles. The number of hydrogen-bond acceptors (Lipinski definition) is 2. The van der Waals surface area contributed by atoms with Gasteiger partial charge in [-0.1, -0.05) is 18.2 Å². The van der Waals surface area contributed by atoms with Gasteiger partial charge < -0.3 is 10.2 Å². The lowest BCUT2D eigenvalue weighted by atomic mass is 10.2. The molecule has 2 heterocycles. The molecule has 0 spiro atoms. The topological polar surface area (TPSA) is 32.7 Å². The first kappa shape index (κ1) is 9.60. The van der Waals surface area contributed by atoms with Crippen molar-refractivity contribution < 1.29 is 5.32 Å². The SMILES string of the molecule is c1ccc2nc(N3CC[NH2+]CC3)ccc2c1. The molecule has 3 nitrogen and oxygen atoms in total. The smallest absolute Gasteiger partial charge is 0.129 e. The van der Waals surface area contributed by atoms with Gasteiger partial charge in [0.1, 0.15) is 5.82 Å². The molecular weight excluding hydrogens is 198 g/mol. The van der Waals surface area contributed by atoms with Gasteiger partial charge in [0.2, 0.25) is 0 Å². The molecule has 82 valence electrons. The Hall–Kier alpha value is -1.61. The van der Waals surface area contributed by atoms with Crippen LogP contribution in [0.5, 0.6) is 0 Å². The van der Waals surface area contributed by atoms with Crippen molar-refractivity contribution in [2.24, 2.45) is 0 Å². The summed E-state index contributed by atoms with van der Waals surface area (Å²) in [6.45, 7) is 4.56. The van der Waals surface area contributed by atoms with Crippen LogP contribution in [-0.2, 0) is 0 Å². The van der Waals surface area contributed by atoms with Gasteiger partial charge in [-0.25, -0.2) is 4.98 Å². The van der Waals surface area contributed by atoms with E-state index in [1.807, 2.05) is 6.07 Å². The third-order valence-electron chi connectivity index (χ3n) is 3.11. The Labute approximate surface area is 95.1 Å². The maximum atomic E-state index is 4.71. The third kappa shape index (κ3) is 1.74. The lowest BCUT2D eigenvalue weighted by Crippen LogP contribution is -2.89. The summed E-state index contributed by atoms with van der Waals surface area (Å²) in [4.78, 5) is 7.08. The fraction of sp³-hybridized carbons (Fsp3) is 0.308. The summed E-state index contributed by atoms with van der Waals surface area (Å²) in [6, 6.07) is 12.6. The van der Waals surface area contributed by atoms with Gasteiger partial charge in [0.15, 0.2) is 0 Å².